The quantitative estimate of drug-likeness (QED) is 0.572. The van der Waals surface area contributed by atoms with Gasteiger partial charge < -0.3 is 10.2 Å². The number of nitrogens with zero attached hydrogens (tertiary/aromatic N) is 3. The van der Waals surface area contributed by atoms with E-state index in [0.29, 0.717) is 25.8 Å². The maximum Gasteiger partial charge on any atom is 0.246 e. The highest BCUT2D eigenvalue weighted by Crippen LogP contribution is 2.35. The van der Waals surface area contributed by atoms with Gasteiger partial charge in [-0.25, -0.2) is 0 Å². The van der Waals surface area contributed by atoms with Gasteiger partial charge in [-0.3, -0.25) is 19.5 Å². The standard InChI is InChI=1S/C28H29ClN4O2/c29-24-10-8-22(9-11-24)19-32-15-12-28(13-16-32)27(35)31-25(17-21-5-2-1-3-6-21)26(34)33(28)20-23-7-4-14-30-18-23/h1-11,14,18,25H,12-13,15-17,19-20H2,(H,31,35). The van der Waals surface area contributed by atoms with Crippen LogP contribution in [0.3, 0.4) is 0 Å². The molecule has 1 spiro atoms. The Hall–Kier alpha value is -3.22. The summed E-state index contributed by atoms with van der Waals surface area (Å²) < 4.78 is 0. The fraction of sp³-hybridized carbons (Fsp3) is 0.321. The highest BCUT2D eigenvalue weighted by Gasteiger charge is 2.53. The number of aromatic nitrogens is 1. The van der Waals surface area contributed by atoms with E-state index in [4.69, 9.17) is 11.6 Å². The zero-order chi connectivity index (χ0) is 24.3. The van der Waals surface area contributed by atoms with Crippen LogP contribution < -0.4 is 5.32 Å². The molecule has 1 aromatic heterocycles. The molecule has 7 heteroatoms. The van der Waals surface area contributed by atoms with Gasteiger partial charge in [0.25, 0.3) is 0 Å². The van der Waals surface area contributed by atoms with E-state index >= 15 is 0 Å². The summed E-state index contributed by atoms with van der Waals surface area (Å²) in [6.45, 7) is 2.64. The van der Waals surface area contributed by atoms with Gasteiger partial charge in [0.05, 0.1) is 0 Å². The van der Waals surface area contributed by atoms with Crippen LogP contribution in [0.4, 0.5) is 0 Å². The predicted octanol–water partition coefficient (Wildman–Crippen LogP) is 3.84. The molecular weight excluding hydrogens is 460 g/mol. The number of piperazine rings is 1. The topological polar surface area (TPSA) is 65.5 Å². The van der Waals surface area contributed by atoms with Gasteiger partial charge in [0.1, 0.15) is 11.6 Å². The number of amides is 2. The normalized spacial score (nSPS) is 20.1. The summed E-state index contributed by atoms with van der Waals surface area (Å²) in [6, 6.07) is 21.0. The number of rotatable bonds is 6. The second-order valence-corrected chi connectivity index (χ2v) is 9.87. The first-order valence-corrected chi connectivity index (χ1v) is 12.4. The van der Waals surface area contributed by atoms with Crippen molar-refractivity contribution in [2.45, 2.75) is 43.9 Å². The molecule has 3 heterocycles. The third kappa shape index (κ3) is 5.09. The highest BCUT2D eigenvalue weighted by atomic mass is 35.5. The van der Waals surface area contributed by atoms with Crippen LogP contribution >= 0.6 is 11.6 Å². The van der Waals surface area contributed by atoms with E-state index in [1.165, 1.54) is 5.56 Å². The van der Waals surface area contributed by atoms with Gasteiger partial charge in [0, 0.05) is 50.0 Å². The lowest BCUT2D eigenvalue weighted by atomic mass is 9.80. The molecule has 1 N–H and O–H groups in total. The van der Waals surface area contributed by atoms with Crippen LogP contribution in [0, 0.1) is 0 Å². The molecular formula is C28H29ClN4O2. The lowest BCUT2D eigenvalue weighted by Gasteiger charge is -2.51. The second kappa shape index (κ2) is 10.2. The number of pyridine rings is 1. The Morgan fingerprint density at radius 1 is 0.886 bits per heavy atom. The first-order chi connectivity index (χ1) is 17.0. The summed E-state index contributed by atoms with van der Waals surface area (Å²) in [4.78, 5) is 35.9. The molecule has 0 saturated carbocycles. The fourth-order valence-corrected chi connectivity index (χ4v) is 5.32. The van der Waals surface area contributed by atoms with E-state index in [9.17, 15) is 9.59 Å². The fourth-order valence-electron chi connectivity index (χ4n) is 5.19. The van der Waals surface area contributed by atoms with Crippen LogP contribution in [-0.4, -0.2) is 51.3 Å². The lowest BCUT2D eigenvalue weighted by Crippen LogP contribution is -2.72. The van der Waals surface area contributed by atoms with Crippen molar-refractivity contribution in [3.05, 3.63) is 101 Å². The van der Waals surface area contributed by atoms with Crippen LogP contribution in [0.1, 0.15) is 29.5 Å². The minimum absolute atomic E-state index is 0.0246. The molecule has 1 unspecified atom stereocenters. The monoisotopic (exact) mass is 488 g/mol. The van der Waals surface area contributed by atoms with Crippen LogP contribution in [0.25, 0.3) is 0 Å². The molecule has 35 heavy (non-hydrogen) atoms. The van der Waals surface area contributed by atoms with Gasteiger partial charge >= 0.3 is 0 Å². The number of piperidine rings is 1. The van der Waals surface area contributed by atoms with Crippen molar-refractivity contribution < 1.29 is 9.59 Å². The zero-order valence-electron chi connectivity index (χ0n) is 19.6. The maximum absolute atomic E-state index is 13.8. The van der Waals surface area contributed by atoms with Crippen LogP contribution in [0.15, 0.2) is 79.1 Å². The van der Waals surface area contributed by atoms with E-state index in [-0.39, 0.29) is 11.8 Å². The van der Waals surface area contributed by atoms with Crippen molar-refractivity contribution in [2.24, 2.45) is 0 Å². The van der Waals surface area contributed by atoms with E-state index in [2.05, 4.69) is 15.2 Å². The summed E-state index contributed by atoms with van der Waals surface area (Å²) in [5.41, 5.74) is 2.29. The molecule has 5 rings (SSSR count). The lowest BCUT2D eigenvalue weighted by molar-refractivity contribution is -0.162. The Balaban J connectivity index is 1.36. The van der Waals surface area contributed by atoms with Crippen LogP contribution in [0.2, 0.25) is 5.02 Å². The molecule has 2 aliphatic heterocycles. The number of hydrogen-bond acceptors (Lipinski definition) is 4. The molecule has 2 amide bonds. The first kappa shape index (κ1) is 23.5. The average molecular weight is 489 g/mol. The van der Waals surface area contributed by atoms with E-state index in [1.54, 1.807) is 12.4 Å². The van der Waals surface area contributed by atoms with E-state index in [1.807, 2.05) is 71.6 Å². The number of likely N-dealkylation sites (tertiary alicyclic amines) is 1. The summed E-state index contributed by atoms with van der Waals surface area (Å²) >= 11 is 6.03. The molecule has 0 radical (unpaired) electrons. The second-order valence-electron chi connectivity index (χ2n) is 9.44. The van der Waals surface area contributed by atoms with Crippen molar-refractivity contribution in [1.82, 2.24) is 20.1 Å². The minimum Gasteiger partial charge on any atom is -0.342 e. The molecule has 2 fully saturated rings. The Kier molecular flexibility index (Phi) is 6.84. The van der Waals surface area contributed by atoms with Gasteiger partial charge in [-0.15, -0.1) is 0 Å². The molecule has 2 aliphatic rings. The van der Waals surface area contributed by atoms with Crippen molar-refractivity contribution in [1.29, 1.82) is 0 Å². The number of hydrogen-bond donors (Lipinski definition) is 1. The number of carbonyl (C=O) groups excluding carboxylic acids is 2. The molecule has 1 atom stereocenters. The molecule has 180 valence electrons. The summed E-state index contributed by atoms with van der Waals surface area (Å²) in [5, 5.41) is 3.80. The van der Waals surface area contributed by atoms with E-state index < -0.39 is 11.6 Å². The summed E-state index contributed by atoms with van der Waals surface area (Å²) in [5.74, 6) is -0.0727. The van der Waals surface area contributed by atoms with Crippen LogP contribution in [-0.2, 0) is 29.1 Å². The van der Waals surface area contributed by atoms with Gasteiger partial charge in [-0.05, 0) is 47.7 Å². The van der Waals surface area contributed by atoms with Crippen molar-refractivity contribution in [2.75, 3.05) is 13.1 Å². The zero-order valence-corrected chi connectivity index (χ0v) is 20.3. The number of carbonyl (C=O) groups is 2. The molecule has 0 bridgehead atoms. The Morgan fingerprint density at radius 3 is 2.29 bits per heavy atom. The van der Waals surface area contributed by atoms with Crippen molar-refractivity contribution in [3.63, 3.8) is 0 Å². The molecule has 2 aromatic carbocycles. The molecule has 0 aliphatic carbocycles. The number of benzene rings is 2. The number of nitrogens with one attached hydrogen (secondary N) is 1. The van der Waals surface area contributed by atoms with Crippen molar-refractivity contribution in [3.8, 4) is 0 Å². The average Bonchev–Trinajstić information content (AvgIpc) is 2.89. The third-order valence-corrected chi connectivity index (χ3v) is 7.41. The smallest absolute Gasteiger partial charge is 0.246 e. The van der Waals surface area contributed by atoms with Gasteiger partial charge in [0.2, 0.25) is 11.8 Å². The third-order valence-electron chi connectivity index (χ3n) is 7.16. The Bertz CT molecular complexity index is 1160. The Morgan fingerprint density at radius 2 is 1.60 bits per heavy atom. The predicted molar refractivity (Wildman–Crippen MR) is 136 cm³/mol. The SMILES string of the molecule is O=C1C(Cc2ccccc2)NC(=O)C2(CCN(Cc3ccc(Cl)cc3)CC2)N1Cc1cccnc1. The highest BCUT2D eigenvalue weighted by molar-refractivity contribution is 6.30. The molecule has 2 saturated heterocycles. The van der Waals surface area contributed by atoms with Gasteiger partial charge in [0.15, 0.2) is 0 Å². The summed E-state index contributed by atoms with van der Waals surface area (Å²) in [7, 11) is 0. The molecule has 3 aromatic rings. The summed E-state index contributed by atoms with van der Waals surface area (Å²) in [6.07, 6.45) is 5.16. The Labute approximate surface area is 210 Å². The largest absolute Gasteiger partial charge is 0.342 e. The maximum atomic E-state index is 13.8. The minimum atomic E-state index is -0.851. The van der Waals surface area contributed by atoms with E-state index in [0.717, 1.165) is 35.8 Å². The van der Waals surface area contributed by atoms with Crippen LogP contribution in [0.5, 0.6) is 0 Å². The molecule has 6 nitrogen and oxygen atoms in total. The first-order valence-electron chi connectivity index (χ1n) is 12.1. The van der Waals surface area contributed by atoms with Crippen molar-refractivity contribution >= 4 is 23.4 Å². The van der Waals surface area contributed by atoms with Gasteiger partial charge in [-0.1, -0.05) is 60.1 Å². The number of halogens is 1. The van der Waals surface area contributed by atoms with Gasteiger partial charge in [-0.2, -0.15) is 0 Å².